The van der Waals surface area contributed by atoms with E-state index in [1.165, 1.54) is 5.56 Å². The van der Waals surface area contributed by atoms with Crippen molar-refractivity contribution < 1.29 is 0 Å². The molecule has 1 aromatic heterocycles. The second kappa shape index (κ2) is 7.35. The second-order valence-electron chi connectivity index (χ2n) is 6.24. The fraction of sp³-hybridized carbons (Fsp3) is 0.263. The molecule has 1 atom stereocenters. The molecular weight excluding hydrogens is 334 g/mol. The van der Waals surface area contributed by atoms with E-state index in [9.17, 15) is 0 Å². The van der Waals surface area contributed by atoms with Crippen LogP contribution in [0.4, 0.5) is 0 Å². The maximum Gasteiger partial charge on any atom is 0.0972 e. The Bertz CT molecular complexity index is 833. The minimum absolute atomic E-state index is 0.286. The van der Waals surface area contributed by atoms with Gasteiger partial charge in [0.1, 0.15) is 0 Å². The predicted molar refractivity (Wildman–Crippen MR) is 98.8 cm³/mol. The number of piperazine rings is 1. The van der Waals surface area contributed by atoms with E-state index >= 15 is 0 Å². The van der Waals surface area contributed by atoms with Crippen LogP contribution in [0.3, 0.4) is 0 Å². The number of rotatable bonds is 4. The summed E-state index contributed by atoms with van der Waals surface area (Å²) in [4.78, 5) is 2.43. The molecule has 1 N–H and O–H groups in total. The monoisotopic (exact) mass is 353 g/mol. The Morgan fingerprint density at radius 2 is 2.00 bits per heavy atom. The topological polar surface area (TPSA) is 46.0 Å². The molecule has 1 unspecified atom stereocenters. The normalized spacial score (nSPS) is 18.4. The molecule has 25 heavy (non-hydrogen) atoms. The summed E-state index contributed by atoms with van der Waals surface area (Å²) in [5, 5.41) is 12.9. The fourth-order valence-electron chi connectivity index (χ4n) is 3.26. The summed E-state index contributed by atoms with van der Waals surface area (Å²) in [7, 11) is 0. The van der Waals surface area contributed by atoms with Gasteiger partial charge in [-0.25, -0.2) is 4.68 Å². The lowest BCUT2D eigenvalue weighted by molar-refractivity contribution is 0.152. The average molecular weight is 354 g/mol. The first-order valence-electron chi connectivity index (χ1n) is 8.46. The van der Waals surface area contributed by atoms with E-state index in [2.05, 4.69) is 26.6 Å². The summed E-state index contributed by atoms with van der Waals surface area (Å²) < 4.78 is 1.83. The second-order valence-corrected chi connectivity index (χ2v) is 6.67. The van der Waals surface area contributed by atoms with Crippen LogP contribution in [0.25, 0.3) is 5.69 Å². The van der Waals surface area contributed by atoms with Gasteiger partial charge in [0, 0.05) is 37.2 Å². The SMILES string of the molecule is Clc1cccc(C2CNCCN2Cc2cn(-c3ccccc3)nn2)c1. The van der Waals surface area contributed by atoms with E-state index in [1.807, 2.05) is 59.4 Å². The molecule has 1 aliphatic heterocycles. The van der Waals surface area contributed by atoms with Crippen LogP contribution in [0.1, 0.15) is 17.3 Å². The van der Waals surface area contributed by atoms with Gasteiger partial charge < -0.3 is 5.32 Å². The van der Waals surface area contributed by atoms with Gasteiger partial charge in [-0.1, -0.05) is 47.1 Å². The smallest absolute Gasteiger partial charge is 0.0972 e. The minimum Gasteiger partial charge on any atom is -0.314 e. The fourth-order valence-corrected chi connectivity index (χ4v) is 3.46. The Balaban J connectivity index is 1.53. The first kappa shape index (κ1) is 16.3. The highest BCUT2D eigenvalue weighted by Gasteiger charge is 2.24. The molecule has 0 saturated carbocycles. The zero-order chi connectivity index (χ0) is 17.1. The number of nitrogens with zero attached hydrogens (tertiary/aromatic N) is 4. The van der Waals surface area contributed by atoms with E-state index in [1.54, 1.807) is 0 Å². The molecular formula is C19H20ClN5. The Morgan fingerprint density at radius 3 is 2.84 bits per heavy atom. The Kier molecular flexibility index (Phi) is 4.78. The van der Waals surface area contributed by atoms with Gasteiger partial charge in [-0.3, -0.25) is 4.90 Å². The van der Waals surface area contributed by atoms with Gasteiger partial charge >= 0.3 is 0 Å². The number of nitrogens with one attached hydrogen (secondary N) is 1. The summed E-state index contributed by atoms with van der Waals surface area (Å²) >= 11 is 6.18. The van der Waals surface area contributed by atoms with Crippen molar-refractivity contribution in [2.24, 2.45) is 0 Å². The molecule has 0 radical (unpaired) electrons. The molecule has 0 aliphatic carbocycles. The van der Waals surface area contributed by atoms with Crippen molar-refractivity contribution in [3.63, 3.8) is 0 Å². The quantitative estimate of drug-likeness (QED) is 0.783. The molecule has 1 fully saturated rings. The van der Waals surface area contributed by atoms with Crippen molar-refractivity contribution in [2.45, 2.75) is 12.6 Å². The minimum atomic E-state index is 0.286. The van der Waals surface area contributed by atoms with E-state index in [4.69, 9.17) is 11.6 Å². The van der Waals surface area contributed by atoms with Crippen molar-refractivity contribution in [2.75, 3.05) is 19.6 Å². The van der Waals surface area contributed by atoms with Crippen molar-refractivity contribution in [1.29, 1.82) is 0 Å². The first-order chi connectivity index (χ1) is 12.3. The molecule has 2 aromatic carbocycles. The molecule has 2 heterocycles. The van der Waals surface area contributed by atoms with E-state index < -0.39 is 0 Å². The van der Waals surface area contributed by atoms with Gasteiger partial charge in [-0.2, -0.15) is 0 Å². The number of para-hydroxylation sites is 1. The van der Waals surface area contributed by atoms with Crippen molar-refractivity contribution >= 4 is 11.6 Å². The Hall–Kier alpha value is -2.21. The van der Waals surface area contributed by atoms with Crippen molar-refractivity contribution in [3.8, 4) is 5.69 Å². The number of benzene rings is 2. The third-order valence-electron chi connectivity index (χ3n) is 4.51. The highest BCUT2D eigenvalue weighted by atomic mass is 35.5. The predicted octanol–water partition coefficient (Wildman–Crippen LogP) is 3.07. The maximum atomic E-state index is 6.18. The Labute approximate surface area is 152 Å². The molecule has 3 aromatic rings. The molecule has 4 rings (SSSR count). The lowest BCUT2D eigenvalue weighted by Gasteiger charge is -2.36. The standard InChI is InChI=1S/C19H20ClN5/c20-16-6-4-5-15(11-16)19-12-21-9-10-24(19)13-17-14-25(23-22-17)18-7-2-1-3-8-18/h1-8,11,14,19,21H,9-10,12-13H2. The summed E-state index contributed by atoms with van der Waals surface area (Å²) in [6.07, 6.45) is 2.01. The van der Waals surface area contributed by atoms with Crippen LogP contribution in [-0.4, -0.2) is 39.5 Å². The van der Waals surface area contributed by atoms with Gasteiger partial charge in [0.2, 0.25) is 0 Å². The molecule has 1 aliphatic rings. The summed E-state index contributed by atoms with van der Waals surface area (Å²) in [5.74, 6) is 0. The van der Waals surface area contributed by atoms with Gasteiger partial charge in [-0.05, 0) is 29.8 Å². The highest BCUT2D eigenvalue weighted by Crippen LogP contribution is 2.26. The number of hydrogen-bond donors (Lipinski definition) is 1. The summed E-state index contributed by atoms with van der Waals surface area (Å²) in [6.45, 7) is 3.62. The molecule has 0 spiro atoms. The van der Waals surface area contributed by atoms with Crippen LogP contribution < -0.4 is 5.32 Å². The van der Waals surface area contributed by atoms with Crippen molar-refractivity contribution in [3.05, 3.63) is 77.1 Å². The van der Waals surface area contributed by atoms with E-state index in [0.29, 0.717) is 0 Å². The van der Waals surface area contributed by atoms with Crippen LogP contribution in [0.15, 0.2) is 60.8 Å². The average Bonchev–Trinajstić information content (AvgIpc) is 3.11. The molecule has 128 valence electrons. The van der Waals surface area contributed by atoms with E-state index in [-0.39, 0.29) is 6.04 Å². The van der Waals surface area contributed by atoms with E-state index in [0.717, 1.165) is 42.6 Å². The van der Waals surface area contributed by atoms with Crippen LogP contribution in [-0.2, 0) is 6.54 Å². The third kappa shape index (κ3) is 3.74. The lowest BCUT2D eigenvalue weighted by atomic mass is 10.0. The van der Waals surface area contributed by atoms with Crippen LogP contribution in [0, 0.1) is 0 Å². The van der Waals surface area contributed by atoms with Gasteiger partial charge in [0.25, 0.3) is 0 Å². The number of hydrogen-bond acceptors (Lipinski definition) is 4. The largest absolute Gasteiger partial charge is 0.314 e. The van der Waals surface area contributed by atoms with Gasteiger partial charge in [0.15, 0.2) is 0 Å². The zero-order valence-corrected chi connectivity index (χ0v) is 14.6. The zero-order valence-electron chi connectivity index (χ0n) is 13.8. The van der Waals surface area contributed by atoms with Crippen molar-refractivity contribution in [1.82, 2.24) is 25.2 Å². The maximum absolute atomic E-state index is 6.18. The number of aromatic nitrogens is 3. The van der Waals surface area contributed by atoms with Gasteiger partial charge in [0.05, 0.1) is 17.6 Å². The molecule has 0 amide bonds. The number of halogens is 1. The molecule has 0 bridgehead atoms. The molecule has 6 heteroatoms. The Morgan fingerprint density at radius 1 is 1.12 bits per heavy atom. The molecule has 5 nitrogen and oxygen atoms in total. The molecule has 1 saturated heterocycles. The van der Waals surface area contributed by atoms with Crippen LogP contribution in [0.5, 0.6) is 0 Å². The highest BCUT2D eigenvalue weighted by molar-refractivity contribution is 6.30. The summed E-state index contributed by atoms with van der Waals surface area (Å²) in [5.41, 5.74) is 3.22. The first-order valence-corrected chi connectivity index (χ1v) is 8.84. The lowest BCUT2D eigenvalue weighted by Crippen LogP contribution is -2.45. The van der Waals surface area contributed by atoms with Crippen LogP contribution >= 0.6 is 11.6 Å². The van der Waals surface area contributed by atoms with Gasteiger partial charge in [-0.15, -0.1) is 5.10 Å². The van der Waals surface area contributed by atoms with Crippen LogP contribution in [0.2, 0.25) is 5.02 Å². The summed E-state index contributed by atoms with van der Waals surface area (Å²) in [6, 6.07) is 18.4. The third-order valence-corrected chi connectivity index (χ3v) is 4.75.